The number of hydrogen-bond donors (Lipinski definition) is 0. The van der Waals surface area contributed by atoms with Gasteiger partial charge < -0.3 is 9.30 Å². The standard InChI is InChI=1S/C10H10ClN3O/c1-14-9(12-13-10(14)11)7-5-3-4-6-8(7)15-2/h3-6H,1-2H3. The highest BCUT2D eigenvalue weighted by Gasteiger charge is 2.12. The van der Waals surface area contributed by atoms with Crippen molar-refractivity contribution in [1.29, 1.82) is 0 Å². The molecular weight excluding hydrogens is 214 g/mol. The van der Waals surface area contributed by atoms with Crippen LogP contribution in [0.25, 0.3) is 11.4 Å². The van der Waals surface area contributed by atoms with E-state index in [1.54, 1.807) is 11.7 Å². The lowest BCUT2D eigenvalue weighted by Crippen LogP contribution is -1.95. The van der Waals surface area contributed by atoms with Gasteiger partial charge in [0.1, 0.15) is 5.75 Å². The van der Waals surface area contributed by atoms with Gasteiger partial charge in [-0.3, -0.25) is 0 Å². The van der Waals surface area contributed by atoms with E-state index >= 15 is 0 Å². The maximum Gasteiger partial charge on any atom is 0.225 e. The SMILES string of the molecule is COc1ccccc1-c1nnc(Cl)n1C. The van der Waals surface area contributed by atoms with E-state index in [1.807, 2.05) is 31.3 Å². The lowest BCUT2D eigenvalue weighted by molar-refractivity contribution is 0.416. The summed E-state index contributed by atoms with van der Waals surface area (Å²) in [7, 11) is 3.43. The van der Waals surface area contributed by atoms with Gasteiger partial charge in [0.2, 0.25) is 5.28 Å². The minimum Gasteiger partial charge on any atom is -0.496 e. The minimum atomic E-state index is 0.357. The molecule has 0 atom stereocenters. The molecule has 2 aromatic rings. The fraction of sp³-hybridized carbons (Fsp3) is 0.200. The van der Waals surface area contributed by atoms with Crippen molar-refractivity contribution in [3.8, 4) is 17.1 Å². The van der Waals surface area contributed by atoms with Crippen molar-refractivity contribution >= 4 is 11.6 Å². The van der Waals surface area contributed by atoms with Crippen LogP contribution in [-0.4, -0.2) is 21.9 Å². The molecule has 0 bridgehead atoms. The Hall–Kier alpha value is -1.55. The van der Waals surface area contributed by atoms with E-state index in [-0.39, 0.29) is 0 Å². The van der Waals surface area contributed by atoms with Crippen molar-refractivity contribution in [2.75, 3.05) is 7.11 Å². The number of ether oxygens (including phenoxy) is 1. The predicted octanol–water partition coefficient (Wildman–Crippen LogP) is 2.14. The zero-order valence-electron chi connectivity index (χ0n) is 8.44. The molecule has 0 saturated carbocycles. The third-order valence-electron chi connectivity index (χ3n) is 2.17. The fourth-order valence-electron chi connectivity index (χ4n) is 1.37. The number of para-hydroxylation sites is 1. The quantitative estimate of drug-likeness (QED) is 0.783. The van der Waals surface area contributed by atoms with Crippen LogP contribution in [0, 0.1) is 0 Å². The summed E-state index contributed by atoms with van der Waals surface area (Å²) >= 11 is 5.82. The molecule has 1 aromatic heterocycles. The summed E-state index contributed by atoms with van der Waals surface area (Å²) in [6.07, 6.45) is 0. The maximum atomic E-state index is 5.82. The van der Waals surface area contributed by atoms with Gasteiger partial charge in [0.05, 0.1) is 12.7 Å². The number of nitrogens with zero attached hydrogens (tertiary/aromatic N) is 3. The van der Waals surface area contributed by atoms with Crippen LogP contribution in [0.5, 0.6) is 5.75 Å². The molecule has 0 aliphatic carbocycles. The van der Waals surface area contributed by atoms with Gasteiger partial charge in [-0.15, -0.1) is 10.2 Å². The molecule has 0 fully saturated rings. The second-order valence-electron chi connectivity index (χ2n) is 3.05. The molecule has 0 N–H and O–H groups in total. The molecule has 5 heteroatoms. The molecule has 15 heavy (non-hydrogen) atoms. The van der Waals surface area contributed by atoms with Crippen LogP contribution in [0.3, 0.4) is 0 Å². The van der Waals surface area contributed by atoms with Crippen molar-refractivity contribution < 1.29 is 4.74 Å². The molecule has 0 spiro atoms. The first-order valence-electron chi connectivity index (χ1n) is 4.42. The second-order valence-corrected chi connectivity index (χ2v) is 3.39. The number of halogens is 1. The van der Waals surface area contributed by atoms with Crippen LogP contribution < -0.4 is 4.74 Å². The normalized spacial score (nSPS) is 10.3. The molecule has 1 heterocycles. The molecule has 4 nitrogen and oxygen atoms in total. The Balaban J connectivity index is 2.58. The van der Waals surface area contributed by atoms with E-state index < -0.39 is 0 Å². The Morgan fingerprint density at radius 2 is 2.00 bits per heavy atom. The molecular formula is C10H10ClN3O. The van der Waals surface area contributed by atoms with Gasteiger partial charge in [-0.1, -0.05) is 12.1 Å². The molecule has 78 valence electrons. The molecule has 2 rings (SSSR count). The van der Waals surface area contributed by atoms with E-state index in [0.29, 0.717) is 11.1 Å². The van der Waals surface area contributed by atoms with Crippen LogP contribution in [-0.2, 0) is 7.05 Å². The fourth-order valence-corrected chi connectivity index (χ4v) is 1.49. The van der Waals surface area contributed by atoms with E-state index in [2.05, 4.69) is 10.2 Å². The van der Waals surface area contributed by atoms with E-state index in [9.17, 15) is 0 Å². The van der Waals surface area contributed by atoms with Crippen LogP contribution in [0.1, 0.15) is 0 Å². The number of rotatable bonds is 2. The van der Waals surface area contributed by atoms with Crippen molar-refractivity contribution in [3.05, 3.63) is 29.5 Å². The van der Waals surface area contributed by atoms with Crippen LogP contribution in [0.15, 0.2) is 24.3 Å². The third-order valence-corrected chi connectivity index (χ3v) is 2.50. The van der Waals surface area contributed by atoms with E-state index in [4.69, 9.17) is 16.3 Å². The molecule has 0 radical (unpaired) electrons. The lowest BCUT2D eigenvalue weighted by atomic mass is 10.2. The monoisotopic (exact) mass is 223 g/mol. The highest BCUT2D eigenvalue weighted by molar-refractivity contribution is 6.28. The largest absolute Gasteiger partial charge is 0.496 e. The Morgan fingerprint density at radius 3 is 2.60 bits per heavy atom. The van der Waals surface area contributed by atoms with Gasteiger partial charge in [-0.25, -0.2) is 0 Å². The highest BCUT2D eigenvalue weighted by Crippen LogP contribution is 2.28. The van der Waals surface area contributed by atoms with Gasteiger partial charge in [0.25, 0.3) is 0 Å². The molecule has 1 aromatic carbocycles. The minimum absolute atomic E-state index is 0.357. The molecule has 0 unspecified atom stereocenters. The Morgan fingerprint density at radius 1 is 1.27 bits per heavy atom. The summed E-state index contributed by atoms with van der Waals surface area (Å²) in [6.45, 7) is 0. The van der Waals surface area contributed by atoms with Gasteiger partial charge in [-0.2, -0.15) is 0 Å². The molecule has 0 saturated heterocycles. The Labute approximate surface area is 92.5 Å². The first-order valence-corrected chi connectivity index (χ1v) is 4.80. The third kappa shape index (κ3) is 1.68. The van der Waals surface area contributed by atoms with Crippen LogP contribution in [0.4, 0.5) is 0 Å². The zero-order valence-corrected chi connectivity index (χ0v) is 9.19. The number of methoxy groups -OCH3 is 1. The topological polar surface area (TPSA) is 39.9 Å². The van der Waals surface area contributed by atoms with Gasteiger partial charge in [0, 0.05) is 7.05 Å². The smallest absolute Gasteiger partial charge is 0.225 e. The van der Waals surface area contributed by atoms with Crippen molar-refractivity contribution in [2.45, 2.75) is 0 Å². The average Bonchev–Trinajstić information content (AvgIpc) is 2.60. The number of benzene rings is 1. The van der Waals surface area contributed by atoms with Crippen LogP contribution in [0.2, 0.25) is 5.28 Å². The second kappa shape index (κ2) is 3.90. The summed E-state index contributed by atoms with van der Waals surface area (Å²) in [5, 5.41) is 8.14. The summed E-state index contributed by atoms with van der Waals surface area (Å²) in [5.41, 5.74) is 0.877. The maximum absolute atomic E-state index is 5.82. The number of hydrogen-bond acceptors (Lipinski definition) is 3. The summed E-state index contributed by atoms with van der Waals surface area (Å²) < 4.78 is 6.95. The molecule has 0 amide bonds. The Bertz CT molecular complexity index is 481. The number of aromatic nitrogens is 3. The summed E-state index contributed by atoms with van der Waals surface area (Å²) in [5.74, 6) is 1.45. The summed E-state index contributed by atoms with van der Waals surface area (Å²) in [6, 6.07) is 7.61. The molecule has 0 aliphatic rings. The first-order chi connectivity index (χ1) is 7.24. The van der Waals surface area contributed by atoms with Gasteiger partial charge in [-0.05, 0) is 23.7 Å². The van der Waals surface area contributed by atoms with E-state index in [0.717, 1.165) is 11.3 Å². The van der Waals surface area contributed by atoms with Crippen molar-refractivity contribution in [1.82, 2.24) is 14.8 Å². The Kier molecular flexibility index (Phi) is 2.60. The first kappa shape index (κ1) is 9.98. The predicted molar refractivity (Wildman–Crippen MR) is 58.0 cm³/mol. The van der Waals surface area contributed by atoms with Gasteiger partial charge in [0.15, 0.2) is 5.82 Å². The zero-order chi connectivity index (χ0) is 10.8. The van der Waals surface area contributed by atoms with Gasteiger partial charge >= 0.3 is 0 Å². The summed E-state index contributed by atoms with van der Waals surface area (Å²) in [4.78, 5) is 0. The highest BCUT2D eigenvalue weighted by atomic mass is 35.5. The van der Waals surface area contributed by atoms with Crippen molar-refractivity contribution in [3.63, 3.8) is 0 Å². The average molecular weight is 224 g/mol. The van der Waals surface area contributed by atoms with E-state index in [1.165, 1.54) is 0 Å². The lowest BCUT2D eigenvalue weighted by Gasteiger charge is -2.06. The van der Waals surface area contributed by atoms with Crippen LogP contribution >= 0.6 is 11.6 Å². The molecule has 0 aliphatic heterocycles. The van der Waals surface area contributed by atoms with Crippen molar-refractivity contribution in [2.24, 2.45) is 7.05 Å².